The maximum Gasteiger partial charge on any atom is 0.244 e. The molecule has 6 nitrogen and oxygen atoms in total. The van der Waals surface area contributed by atoms with E-state index in [0.717, 1.165) is 23.0 Å². The molecule has 1 aromatic carbocycles. The van der Waals surface area contributed by atoms with Crippen LogP contribution in [0.5, 0.6) is 0 Å². The SMILES string of the molecule is CC(O)C1CCN(c2cccc(S(=O)(=O)N(C)C)c2N)C1. The smallest absolute Gasteiger partial charge is 0.244 e. The summed E-state index contributed by atoms with van der Waals surface area (Å²) in [5.41, 5.74) is 7.10. The molecule has 0 radical (unpaired) electrons. The Bertz CT molecular complexity index is 614. The molecule has 2 atom stereocenters. The molecule has 1 aliphatic heterocycles. The van der Waals surface area contributed by atoms with E-state index < -0.39 is 10.0 Å². The topological polar surface area (TPSA) is 86.9 Å². The zero-order valence-electron chi connectivity index (χ0n) is 12.7. The zero-order valence-corrected chi connectivity index (χ0v) is 13.5. The van der Waals surface area contributed by atoms with Crippen molar-refractivity contribution in [3.63, 3.8) is 0 Å². The molecule has 1 aliphatic rings. The molecule has 2 unspecified atom stereocenters. The van der Waals surface area contributed by atoms with Gasteiger partial charge in [0.1, 0.15) is 4.90 Å². The Morgan fingerprint density at radius 2 is 2.10 bits per heavy atom. The molecule has 7 heteroatoms. The van der Waals surface area contributed by atoms with Gasteiger partial charge in [-0.15, -0.1) is 0 Å². The maximum absolute atomic E-state index is 12.3. The van der Waals surface area contributed by atoms with E-state index in [0.29, 0.717) is 6.54 Å². The molecule has 0 spiro atoms. The van der Waals surface area contributed by atoms with E-state index in [1.54, 1.807) is 13.0 Å². The quantitative estimate of drug-likeness (QED) is 0.800. The van der Waals surface area contributed by atoms with Gasteiger partial charge in [-0.1, -0.05) is 6.07 Å². The predicted octanol–water partition coefficient (Wildman–Crippen LogP) is 0.726. The van der Waals surface area contributed by atoms with E-state index in [-0.39, 0.29) is 22.6 Å². The van der Waals surface area contributed by atoms with Crippen molar-refractivity contribution in [2.75, 3.05) is 37.8 Å². The second-order valence-electron chi connectivity index (χ2n) is 5.71. The number of para-hydroxylation sites is 1. The lowest BCUT2D eigenvalue weighted by atomic mass is 10.0. The van der Waals surface area contributed by atoms with Crippen molar-refractivity contribution in [1.29, 1.82) is 0 Å². The summed E-state index contributed by atoms with van der Waals surface area (Å²) in [6.45, 7) is 3.24. The van der Waals surface area contributed by atoms with Gasteiger partial charge in [-0.25, -0.2) is 12.7 Å². The van der Waals surface area contributed by atoms with Gasteiger partial charge in [0.05, 0.1) is 17.5 Å². The lowest BCUT2D eigenvalue weighted by molar-refractivity contribution is 0.136. The monoisotopic (exact) mass is 313 g/mol. The van der Waals surface area contributed by atoms with Gasteiger partial charge >= 0.3 is 0 Å². The zero-order chi connectivity index (χ0) is 15.8. The third-order valence-corrected chi connectivity index (χ3v) is 5.92. The van der Waals surface area contributed by atoms with E-state index in [1.807, 2.05) is 11.0 Å². The second-order valence-corrected chi connectivity index (χ2v) is 7.83. The van der Waals surface area contributed by atoms with Gasteiger partial charge < -0.3 is 15.7 Å². The van der Waals surface area contributed by atoms with Crippen LogP contribution in [0.25, 0.3) is 0 Å². The summed E-state index contributed by atoms with van der Waals surface area (Å²) in [6.07, 6.45) is 0.506. The lowest BCUT2D eigenvalue weighted by Crippen LogP contribution is -2.26. The molecular weight excluding hydrogens is 290 g/mol. The Labute approximate surface area is 126 Å². The highest BCUT2D eigenvalue weighted by molar-refractivity contribution is 7.89. The number of nitrogen functional groups attached to an aromatic ring is 1. The van der Waals surface area contributed by atoms with Crippen molar-refractivity contribution >= 4 is 21.4 Å². The summed E-state index contributed by atoms with van der Waals surface area (Å²) in [6, 6.07) is 5.06. The number of hydrogen-bond acceptors (Lipinski definition) is 5. The van der Waals surface area contributed by atoms with Crippen LogP contribution >= 0.6 is 0 Å². The lowest BCUT2D eigenvalue weighted by Gasteiger charge is -2.23. The van der Waals surface area contributed by atoms with Crippen LogP contribution in [-0.4, -0.2) is 51.1 Å². The van der Waals surface area contributed by atoms with Crippen LogP contribution in [0.1, 0.15) is 13.3 Å². The van der Waals surface area contributed by atoms with Gasteiger partial charge in [-0.3, -0.25) is 0 Å². The number of benzene rings is 1. The first kappa shape index (κ1) is 16.1. The molecular formula is C14H23N3O3S. The minimum atomic E-state index is -3.56. The van der Waals surface area contributed by atoms with Gasteiger partial charge in [-0.05, 0) is 25.5 Å². The number of aliphatic hydroxyl groups excluding tert-OH is 1. The van der Waals surface area contributed by atoms with Gasteiger partial charge in [0.25, 0.3) is 0 Å². The molecule has 1 fully saturated rings. The van der Waals surface area contributed by atoms with Crippen LogP contribution in [-0.2, 0) is 10.0 Å². The number of aliphatic hydroxyl groups is 1. The fourth-order valence-electron chi connectivity index (χ4n) is 2.63. The van der Waals surface area contributed by atoms with Crippen LogP contribution in [0.4, 0.5) is 11.4 Å². The van der Waals surface area contributed by atoms with Crippen LogP contribution in [0, 0.1) is 5.92 Å². The Balaban J connectivity index is 2.36. The molecule has 0 aliphatic carbocycles. The Kier molecular flexibility index (Phi) is 4.46. The first-order valence-corrected chi connectivity index (χ1v) is 8.43. The average Bonchev–Trinajstić information content (AvgIpc) is 2.88. The fourth-order valence-corrected chi connectivity index (χ4v) is 3.66. The molecule has 118 valence electrons. The predicted molar refractivity (Wildman–Crippen MR) is 83.7 cm³/mol. The average molecular weight is 313 g/mol. The number of sulfonamides is 1. The van der Waals surface area contributed by atoms with Crippen LogP contribution in [0.2, 0.25) is 0 Å². The van der Waals surface area contributed by atoms with E-state index in [2.05, 4.69) is 0 Å². The molecule has 0 bridgehead atoms. The highest BCUT2D eigenvalue weighted by Crippen LogP contribution is 2.34. The van der Waals surface area contributed by atoms with Crippen molar-refractivity contribution in [3.8, 4) is 0 Å². The summed E-state index contributed by atoms with van der Waals surface area (Å²) >= 11 is 0. The van der Waals surface area contributed by atoms with E-state index in [1.165, 1.54) is 20.2 Å². The highest BCUT2D eigenvalue weighted by atomic mass is 32.2. The fraction of sp³-hybridized carbons (Fsp3) is 0.571. The van der Waals surface area contributed by atoms with Crippen molar-refractivity contribution in [3.05, 3.63) is 18.2 Å². The van der Waals surface area contributed by atoms with E-state index in [9.17, 15) is 13.5 Å². The number of rotatable bonds is 4. The Hall–Kier alpha value is -1.31. The molecule has 3 N–H and O–H groups in total. The second kappa shape index (κ2) is 5.82. The minimum absolute atomic E-state index is 0.130. The van der Waals surface area contributed by atoms with Crippen LogP contribution in [0.3, 0.4) is 0 Å². The van der Waals surface area contributed by atoms with Gasteiger partial charge in [0.15, 0.2) is 0 Å². The number of nitrogens with two attached hydrogens (primary N) is 1. The van der Waals surface area contributed by atoms with E-state index in [4.69, 9.17) is 5.73 Å². The van der Waals surface area contributed by atoms with Crippen molar-refractivity contribution in [2.24, 2.45) is 5.92 Å². The molecule has 1 heterocycles. The summed E-state index contributed by atoms with van der Waals surface area (Å²) in [7, 11) is -0.583. The van der Waals surface area contributed by atoms with Gasteiger partial charge in [0.2, 0.25) is 10.0 Å². The Morgan fingerprint density at radius 3 is 2.62 bits per heavy atom. The maximum atomic E-state index is 12.3. The third-order valence-electron chi connectivity index (χ3n) is 4.05. The number of hydrogen-bond donors (Lipinski definition) is 2. The molecule has 21 heavy (non-hydrogen) atoms. The summed E-state index contributed by atoms with van der Waals surface area (Å²) in [5, 5.41) is 9.68. The minimum Gasteiger partial charge on any atom is -0.396 e. The molecule has 1 saturated heterocycles. The number of anilines is 2. The summed E-state index contributed by atoms with van der Waals surface area (Å²) in [5.74, 6) is 0.193. The molecule has 1 aromatic rings. The van der Waals surface area contributed by atoms with Crippen molar-refractivity contribution < 1.29 is 13.5 Å². The molecule has 0 aromatic heterocycles. The van der Waals surface area contributed by atoms with Crippen molar-refractivity contribution in [2.45, 2.75) is 24.3 Å². The van der Waals surface area contributed by atoms with Gasteiger partial charge in [0, 0.05) is 33.1 Å². The summed E-state index contributed by atoms with van der Waals surface area (Å²) < 4.78 is 25.7. The standard InChI is InChI=1S/C14H23N3O3S/c1-10(18)11-7-8-17(9-11)12-5-4-6-13(14(12)15)21(19,20)16(2)3/h4-6,10-11,18H,7-9,15H2,1-3H3. The third kappa shape index (κ3) is 3.00. The molecule has 2 rings (SSSR count). The van der Waals surface area contributed by atoms with Gasteiger partial charge in [-0.2, -0.15) is 0 Å². The largest absolute Gasteiger partial charge is 0.396 e. The summed E-state index contributed by atoms with van der Waals surface area (Å²) in [4.78, 5) is 2.17. The van der Waals surface area contributed by atoms with Crippen LogP contribution in [0.15, 0.2) is 23.1 Å². The molecule has 0 amide bonds. The number of nitrogens with zero attached hydrogens (tertiary/aromatic N) is 2. The molecule has 0 saturated carbocycles. The normalized spacial score (nSPS) is 21.0. The van der Waals surface area contributed by atoms with Crippen LogP contribution < -0.4 is 10.6 Å². The Morgan fingerprint density at radius 1 is 1.43 bits per heavy atom. The van der Waals surface area contributed by atoms with Crippen molar-refractivity contribution in [1.82, 2.24) is 4.31 Å². The first-order chi connectivity index (χ1) is 9.75. The van der Waals surface area contributed by atoms with E-state index >= 15 is 0 Å². The first-order valence-electron chi connectivity index (χ1n) is 6.99. The highest BCUT2D eigenvalue weighted by Gasteiger charge is 2.29.